The van der Waals surface area contributed by atoms with Crippen LogP contribution in [-0.4, -0.2) is 61.7 Å². The molecule has 1 aliphatic carbocycles. The molecule has 3 rings (SSSR count). The van der Waals surface area contributed by atoms with E-state index >= 15 is 0 Å². The van der Waals surface area contributed by atoms with Gasteiger partial charge in [0.05, 0.1) is 6.04 Å². The molecule has 25 heavy (non-hydrogen) atoms. The van der Waals surface area contributed by atoms with Crippen molar-refractivity contribution in [2.24, 2.45) is 5.92 Å². The Morgan fingerprint density at radius 3 is 2.68 bits per heavy atom. The third-order valence-electron chi connectivity index (χ3n) is 5.27. The van der Waals surface area contributed by atoms with Crippen LogP contribution >= 0.6 is 0 Å². The van der Waals surface area contributed by atoms with Crippen LogP contribution in [0, 0.1) is 5.92 Å². The highest BCUT2D eigenvalue weighted by molar-refractivity contribution is 5.74. The first-order valence-electron chi connectivity index (χ1n) is 9.49. The molecular formula is C19H31N5O. The summed E-state index contributed by atoms with van der Waals surface area (Å²) in [7, 11) is 4.17. The van der Waals surface area contributed by atoms with Gasteiger partial charge >= 0.3 is 6.03 Å². The van der Waals surface area contributed by atoms with Crippen molar-refractivity contribution in [3.8, 4) is 0 Å². The van der Waals surface area contributed by atoms with Gasteiger partial charge in [-0.25, -0.2) is 9.78 Å². The lowest BCUT2D eigenvalue weighted by Crippen LogP contribution is -2.50. The Kier molecular flexibility index (Phi) is 6.13. The number of hydrogen-bond acceptors (Lipinski definition) is 4. The van der Waals surface area contributed by atoms with E-state index in [2.05, 4.69) is 39.5 Å². The molecule has 2 atom stereocenters. The lowest BCUT2D eigenvalue weighted by Gasteiger charge is -2.26. The molecule has 0 unspecified atom stereocenters. The molecule has 1 saturated carbocycles. The molecule has 6 heteroatoms. The minimum atomic E-state index is -0.0106. The molecule has 0 aromatic carbocycles. The van der Waals surface area contributed by atoms with Crippen molar-refractivity contribution in [3.05, 3.63) is 24.4 Å². The number of pyridine rings is 1. The standard InChI is InChI=1S/C19H31N5O/c1-23(2)12-15-13-24(18-10-6-7-11-20-18)14-17(15)22-19(25)21-16-8-4-3-5-9-16/h6-7,10-11,15-17H,3-5,8-9,12-14H2,1-2H3,(H2,21,22,25)/t15-,17-/m1/s1. The van der Waals surface area contributed by atoms with Crippen molar-refractivity contribution >= 4 is 11.8 Å². The predicted molar refractivity (Wildman–Crippen MR) is 101 cm³/mol. The first-order valence-corrected chi connectivity index (χ1v) is 9.49. The largest absolute Gasteiger partial charge is 0.354 e. The smallest absolute Gasteiger partial charge is 0.315 e. The van der Waals surface area contributed by atoms with Gasteiger partial charge in [-0.15, -0.1) is 0 Å². The van der Waals surface area contributed by atoms with Crippen LogP contribution in [-0.2, 0) is 0 Å². The molecule has 1 aromatic rings. The molecule has 2 aliphatic rings. The molecule has 1 aliphatic heterocycles. The van der Waals surface area contributed by atoms with Crippen LogP contribution in [0.2, 0.25) is 0 Å². The normalized spacial score (nSPS) is 24.5. The maximum absolute atomic E-state index is 12.5. The van der Waals surface area contributed by atoms with Gasteiger partial charge in [0.1, 0.15) is 5.82 Å². The van der Waals surface area contributed by atoms with Gasteiger partial charge in [0.2, 0.25) is 0 Å². The molecule has 2 N–H and O–H groups in total. The Hall–Kier alpha value is -1.82. The van der Waals surface area contributed by atoms with E-state index in [1.54, 1.807) is 0 Å². The third kappa shape index (κ3) is 5.08. The van der Waals surface area contributed by atoms with Gasteiger partial charge in [0, 0.05) is 37.8 Å². The van der Waals surface area contributed by atoms with Crippen LogP contribution < -0.4 is 15.5 Å². The van der Waals surface area contributed by atoms with Crippen molar-refractivity contribution in [1.82, 2.24) is 20.5 Å². The minimum absolute atomic E-state index is 0.0106. The second kappa shape index (κ2) is 8.52. The van der Waals surface area contributed by atoms with Gasteiger partial charge in [-0.05, 0) is 39.1 Å². The maximum Gasteiger partial charge on any atom is 0.315 e. The van der Waals surface area contributed by atoms with Crippen molar-refractivity contribution in [2.45, 2.75) is 44.2 Å². The summed E-state index contributed by atoms with van der Waals surface area (Å²) < 4.78 is 0. The quantitative estimate of drug-likeness (QED) is 0.858. The lowest BCUT2D eigenvalue weighted by molar-refractivity contribution is 0.223. The average molecular weight is 345 g/mol. The maximum atomic E-state index is 12.5. The number of nitrogens with zero attached hydrogens (tertiary/aromatic N) is 3. The number of anilines is 1. The number of amides is 2. The predicted octanol–water partition coefficient (Wildman–Crippen LogP) is 2.08. The number of carbonyl (C=O) groups is 1. The van der Waals surface area contributed by atoms with E-state index in [1.807, 2.05) is 24.4 Å². The van der Waals surface area contributed by atoms with Crippen LogP contribution in [0.5, 0.6) is 0 Å². The van der Waals surface area contributed by atoms with Crippen LogP contribution in [0.15, 0.2) is 24.4 Å². The van der Waals surface area contributed by atoms with E-state index < -0.39 is 0 Å². The second-order valence-electron chi connectivity index (χ2n) is 7.67. The molecule has 2 heterocycles. The fourth-order valence-electron chi connectivity index (χ4n) is 4.06. The van der Waals surface area contributed by atoms with E-state index in [1.165, 1.54) is 19.3 Å². The first kappa shape index (κ1) is 18.0. The molecule has 0 bridgehead atoms. The highest BCUT2D eigenvalue weighted by Gasteiger charge is 2.35. The Morgan fingerprint density at radius 2 is 2.00 bits per heavy atom. The summed E-state index contributed by atoms with van der Waals surface area (Å²) in [6.45, 7) is 2.69. The molecule has 2 fully saturated rings. The molecule has 138 valence electrons. The molecular weight excluding hydrogens is 314 g/mol. The number of hydrogen-bond donors (Lipinski definition) is 2. The number of nitrogens with one attached hydrogen (secondary N) is 2. The van der Waals surface area contributed by atoms with E-state index in [0.717, 1.165) is 38.3 Å². The molecule has 0 spiro atoms. The van der Waals surface area contributed by atoms with Crippen molar-refractivity contribution in [1.29, 1.82) is 0 Å². The van der Waals surface area contributed by atoms with Crippen molar-refractivity contribution < 1.29 is 4.79 Å². The summed E-state index contributed by atoms with van der Waals surface area (Å²) in [5, 5.41) is 6.41. The Labute approximate surface area is 151 Å². The van der Waals surface area contributed by atoms with E-state index in [9.17, 15) is 4.79 Å². The SMILES string of the molecule is CN(C)C[C@@H]1CN(c2ccccn2)C[C@H]1NC(=O)NC1CCCCC1. The van der Waals surface area contributed by atoms with Crippen LogP contribution in [0.3, 0.4) is 0 Å². The summed E-state index contributed by atoms with van der Waals surface area (Å²) in [6, 6.07) is 6.47. The Bertz CT molecular complexity index is 544. The second-order valence-corrected chi connectivity index (χ2v) is 7.67. The van der Waals surface area contributed by atoms with Gasteiger partial charge in [-0.1, -0.05) is 25.3 Å². The number of rotatable bonds is 5. The highest BCUT2D eigenvalue weighted by Crippen LogP contribution is 2.23. The molecule has 6 nitrogen and oxygen atoms in total. The fourth-order valence-corrected chi connectivity index (χ4v) is 4.06. The summed E-state index contributed by atoms with van der Waals surface area (Å²) in [6.07, 6.45) is 7.80. The topological polar surface area (TPSA) is 60.5 Å². The summed E-state index contributed by atoms with van der Waals surface area (Å²) in [5.41, 5.74) is 0. The van der Waals surface area contributed by atoms with Gasteiger partial charge in [-0.2, -0.15) is 0 Å². The highest BCUT2D eigenvalue weighted by atomic mass is 16.2. The van der Waals surface area contributed by atoms with Gasteiger partial charge < -0.3 is 20.4 Å². The van der Waals surface area contributed by atoms with Gasteiger partial charge in [0.15, 0.2) is 0 Å². The monoisotopic (exact) mass is 345 g/mol. The number of aromatic nitrogens is 1. The van der Waals surface area contributed by atoms with Gasteiger partial charge in [-0.3, -0.25) is 0 Å². The van der Waals surface area contributed by atoms with Gasteiger partial charge in [0.25, 0.3) is 0 Å². The molecule has 2 amide bonds. The zero-order chi connectivity index (χ0) is 17.6. The third-order valence-corrected chi connectivity index (χ3v) is 5.27. The Morgan fingerprint density at radius 1 is 1.20 bits per heavy atom. The van der Waals surface area contributed by atoms with E-state index in [4.69, 9.17) is 0 Å². The average Bonchev–Trinajstić information content (AvgIpc) is 2.98. The molecule has 0 radical (unpaired) electrons. The zero-order valence-corrected chi connectivity index (χ0v) is 15.4. The minimum Gasteiger partial charge on any atom is -0.354 e. The molecule has 1 saturated heterocycles. The van der Waals surface area contributed by atoms with E-state index in [-0.39, 0.29) is 12.1 Å². The zero-order valence-electron chi connectivity index (χ0n) is 15.4. The first-order chi connectivity index (χ1) is 12.1. The lowest BCUT2D eigenvalue weighted by atomic mass is 9.96. The number of urea groups is 1. The van der Waals surface area contributed by atoms with Crippen LogP contribution in [0.4, 0.5) is 10.6 Å². The summed E-state index contributed by atoms with van der Waals surface area (Å²) in [4.78, 5) is 21.4. The van der Waals surface area contributed by atoms with Crippen LogP contribution in [0.25, 0.3) is 0 Å². The fraction of sp³-hybridized carbons (Fsp3) is 0.684. The number of carbonyl (C=O) groups excluding carboxylic acids is 1. The molecule has 1 aromatic heterocycles. The van der Waals surface area contributed by atoms with Crippen LogP contribution in [0.1, 0.15) is 32.1 Å². The van der Waals surface area contributed by atoms with E-state index in [0.29, 0.717) is 12.0 Å². The Balaban J connectivity index is 1.59. The van der Waals surface area contributed by atoms with Crippen molar-refractivity contribution in [3.63, 3.8) is 0 Å². The summed E-state index contributed by atoms with van der Waals surface area (Å²) in [5.74, 6) is 1.39. The van der Waals surface area contributed by atoms with Crippen molar-refractivity contribution in [2.75, 3.05) is 38.6 Å². The summed E-state index contributed by atoms with van der Waals surface area (Å²) >= 11 is 0.